The minimum Gasteiger partial charge on any atom is -0.355 e. The van der Waals surface area contributed by atoms with Crippen LogP contribution >= 0.6 is 0 Å². The average molecular weight is 292 g/mol. The highest BCUT2D eigenvalue weighted by atomic mass is 16.1. The number of hydrogen-bond acceptors (Lipinski definition) is 4. The van der Waals surface area contributed by atoms with Crippen molar-refractivity contribution in [3.8, 4) is 0 Å². The molecule has 1 atom stereocenters. The first-order valence-corrected chi connectivity index (χ1v) is 7.97. The van der Waals surface area contributed by atoms with Crippen LogP contribution in [0.1, 0.15) is 57.4 Å². The first-order valence-electron chi connectivity index (χ1n) is 7.97. The summed E-state index contributed by atoms with van der Waals surface area (Å²) in [5, 5.41) is 2.73. The van der Waals surface area contributed by atoms with E-state index in [1.165, 1.54) is 6.42 Å². The molecular formula is C16H28N4O. The molecule has 0 saturated carbocycles. The summed E-state index contributed by atoms with van der Waals surface area (Å²) in [4.78, 5) is 22.6. The Morgan fingerprint density at radius 3 is 2.52 bits per heavy atom. The molecule has 0 bridgehead atoms. The Hall–Kier alpha value is -1.65. The van der Waals surface area contributed by atoms with Gasteiger partial charge in [-0.25, -0.2) is 9.97 Å². The largest absolute Gasteiger partial charge is 0.355 e. The second kappa shape index (κ2) is 9.32. The molecule has 0 spiro atoms. The Morgan fingerprint density at radius 2 is 2.00 bits per heavy atom. The van der Waals surface area contributed by atoms with Crippen molar-refractivity contribution in [2.24, 2.45) is 5.92 Å². The van der Waals surface area contributed by atoms with Crippen LogP contribution in [0.4, 0.5) is 5.82 Å². The van der Waals surface area contributed by atoms with E-state index in [9.17, 15) is 4.79 Å². The van der Waals surface area contributed by atoms with Gasteiger partial charge in [0.05, 0.1) is 12.4 Å². The van der Waals surface area contributed by atoms with Crippen molar-refractivity contribution in [2.75, 3.05) is 24.5 Å². The number of carbonyl (C=O) groups is 1. The number of carbonyl (C=O) groups excluding carboxylic acids is 1. The lowest BCUT2D eigenvalue weighted by molar-refractivity contribution is 0.0950. The molecule has 0 radical (unpaired) electrons. The lowest BCUT2D eigenvalue weighted by Gasteiger charge is -2.24. The molecule has 5 heteroatoms. The smallest absolute Gasteiger partial charge is 0.271 e. The van der Waals surface area contributed by atoms with Gasteiger partial charge in [-0.15, -0.1) is 0 Å². The van der Waals surface area contributed by atoms with Gasteiger partial charge in [0, 0.05) is 19.6 Å². The third-order valence-corrected chi connectivity index (χ3v) is 3.61. The number of rotatable bonds is 9. The second-order valence-electron chi connectivity index (χ2n) is 5.41. The van der Waals surface area contributed by atoms with Crippen LogP contribution in [0, 0.1) is 5.92 Å². The van der Waals surface area contributed by atoms with Crippen molar-refractivity contribution in [1.82, 2.24) is 15.3 Å². The standard InChI is InChI=1S/C16H28N4O/c1-5-9-20(10-8-13(4)6-2)15-12-18-14(11-19-15)16(21)17-7-3/h11-13H,5-10H2,1-4H3,(H,17,21). The summed E-state index contributed by atoms with van der Waals surface area (Å²) in [6, 6.07) is 0. The number of anilines is 1. The van der Waals surface area contributed by atoms with E-state index in [0.29, 0.717) is 18.2 Å². The monoisotopic (exact) mass is 292 g/mol. The van der Waals surface area contributed by atoms with Crippen molar-refractivity contribution in [1.29, 1.82) is 0 Å². The molecule has 0 fully saturated rings. The molecule has 0 aliphatic rings. The third-order valence-electron chi connectivity index (χ3n) is 3.61. The zero-order valence-corrected chi connectivity index (χ0v) is 13.7. The Labute approximate surface area is 128 Å². The fraction of sp³-hybridized carbons (Fsp3) is 0.688. The molecule has 1 aromatic rings. The van der Waals surface area contributed by atoms with Gasteiger partial charge in [-0.05, 0) is 25.7 Å². The molecule has 5 nitrogen and oxygen atoms in total. The minimum atomic E-state index is -0.168. The van der Waals surface area contributed by atoms with Crippen LogP contribution in [-0.2, 0) is 0 Å². The van der Waals surface area contributed by atoms with Crippen LogP contribution in [0.15, 0.2) is 12.4 Å². The summed E-state index contributed by atoms with van der Waals surface area (Å²) in [7, 11) is 0. The highest BCUT2D eigenvalue weighted by Gasteiger charge is 2.11. The van der Waals surface area contributed by atoms with Gasteiger partial charge in [-0.1, -0.05) is 27.2 Å². The summed E-state index contributed by atoms with van der Waals surface area (Å²) >= 11 is 0. The SMILES string of the molecule is CCCN(CCC(C)CC)c1cnc(C(=O)NCC)cn1. The normalized spacial score (nSPS) is 12.0. The van der Waals surface area contributed by atoms with E-state index in [0.717, 1.165) is 31.7 Å². The predicted octanol–water partition coefficient (Wildman–Crippen LogP) is 2.88. The summed E-state index contributed by atoms with van der Waals surface area (Å²) in [5.74, 6) is 1.40. The molecule has 0 aliphatic heterocycles. The summed E-state index contributed by atoms with van der Waals surface area (Å²) < 4.78 is 0. The number of aromatic nitrogens is 2. The second-order valence-corrected chi connectivity index (χ2v) is 5.41. The molecule has 21 heavy (non-hydrogen) atoms. The Balaban J connectivity index is 2.72. The zero-order chi connectivity index (χ0) is 15.7. The molecule has 1 amide bonds. The van der Waals surface area contributed by atoms with E-state index < -0.39 is 0 Å². The van der Waals surface area contributed by atoms with Crippen molar-refractivity contribution in [3.63, 3.8) is 0 Å². The quantitative estimate of drug-likeness (QED) is 0.760. The first-order chi connectivity index (χ1) is 10.1. The van der Waals surface area contributed by atoms with Gasteiger partial charge in [0.1, 0.15) is 11.5 Å². The van der Waals surface area contributed by atoms with E-state index in [-0.39, 0.29) is 5.91 Å². The first kappa shape index (κ1) is 17.4. The summed E-state index contributed by atoms with van der Waals surface area (Å²) in [6.07, 6.45) is 6.68. The average Bonchev–Trinajstić information content (AvgIpc) is 2.51. The van der Waals surface area contributed by atoms with Crippen LogP contribution in [0.2, 0.25) is 0 Å². The lowest BCUT2D eigenvalue weighted by Crippen LogP contribution is -2.28. The van der Waals surface area contributed by atoms with Gasteiger partial charge < -0.3 is 10.2 Å². The zero-order valence-electron chi connectivity index (χ0n) is 13.7. The van der Waals surface area contributed by atoms with Gasteiger partial charge in [0.2, 0.25) is 0 Å². The number of hydrogen-bond donors (Lipinski definition) is 1. The van der Waals surface area contributed by atoms with Crippen LogP contribution in [-0.4, -0.2) is 35.5 Å². The molecule has 0 aromatic carbocycles. The van der Waals surface area contributed by atoms with Crippen molar-refractivity contribution >= 4 is 11.7 Å². The molecule has 0 saturated heterocycles. The van der Waals surface area contributed by atoms with Crippen LogP contribution in [0.3, 0.4) is 0 Å². The Kier molecular flexibility index (Phi) is 7.72. The van der Waals surface area contributed by atoms with Crippen molar-refractivity contribution in [2.45, 2.75) is 47.0 Å². The van der Waals surface area contributed by atoms with Crippen molar-refractivity contribution in [3.05, 3.63) is 18.1 Å². The molecule has 1 heterocycles. The van der Waals surface area contributed by atoms with E-state index in [1.54, 1.807) is 12.4 Å². The van der Waals surface area contributed by atoms with Gasteiger partial charge >= 0.3 is 0 Å². The van der Waals surface area contributed by atoms with Crippen LogP contribution < -0.4 is 10.2 Å². The topological polar surface area (TPSA) is 58.1 Å². The number of nitrogens with zero attached hydrogens (tertiary/aromatic N) is 3. The molecule has 1 aromatic heterocycles. The van der Waals surface area contributed by atoms with Crippen LogP contribution in [0.5, 0.6) is 0 Å². The predicted molar refractivity (Wildman–Crippen MR) is 86.6 cm³/mol. The van der Waals surface area contributed by atoms with Gasteiger partial charge in [0.15, 0.2) is 0 Å². The Bertz CT molecular complexity index is 419. The van der Waals surface area contributed by atoms with E-state index in [1.807, 2.05) is 6.92 Å². The van der Waals surface area contributed by atoms with Crippen molar-refractivity contribution < 1.29 is 4.79 Å². The summed E-state index contributed by atoms with van der Waals surface area (Å²) in [6.45, 7) is 11.1. The highest BCUT2D eigenvalue weighted by Crippen LogP contribution is 2.14. The lowest BCUT2D eigenvalue weighted by atomic mass is 10.1. The number of nitrogens with one attached hydrogen (secondary N) is 1. The maximum Gasteiger partial charge on any atom is 0.271 e. The molecular weight excluding hydrogens is 264 g/mol. The van der Waals surface area contributed by atoms with Gasteiger partial charge in [0.25, 0.3) is 5.91 Å². The minimum absolute atomic E-state index is 0.168. The maximum absolute atomic E-state index is 11.7. The van der Waals surface area contributed by atoms with E-state index in [2.05, 4.69) is 41.0 Å². The fourth-order valence-electron chi connectivity index (χ4n) is 2.04. The van der Waals surface area contributed by atoms with Gasteiger partial charge in [-0.2, -0.15) is 0 Å². The van der Waals surface area contributed by atoms with E-state index >= 15 is 0 Å². The third kappa shape index (κ3) is 5.69. The molecule has 0 aliphatic carbocycles. The summed E-state index contributed by atoms with van der Waals surface area (Å²) in [5.41, 5.74) is 0.374. The molecule has 1 rings (SSSR count). The molecule has 1 N–H and O–H groups in total. The molecule has 118 valence electrons. The van der Waals surface area contributed by atoms with E-state index in [4.69, 9.17) is 0 Å². The van der Waals surface area contributed by atoms with Gasteiger partial charge in [-0.3, -0.25) is 4.79 Å². The van der Waals surface area contributed by atoms with Crippen LogP contribution in [0.25, 0.3) is 0 Å². The Morgan fingerprint density at radius 1 is 1.24 bits per heavy atom. The fourth-order valence-corrected chi connectivity index (χ4v) is 2.04. The maximum atomic E-state index is 11.7. The molecule has 1 unspecified atom stereocenters. The number of amides is 1. The highest BCUT2D eigenvalue weighted by molar-refractivity contribution is 5.91.